The van der Waals surface area contributed by atoms with E-state index < -0.39 is 56.1 Å². The summed E-state index contributed by atoms with van der Waals surface area (Å²) >= 11 is 0. The summed E-state index contributed by atoms with van der Waals surface area (Å²) in [5, 5.41) is 2.93. The zero-order valence-corrected chi connectivity index (χ0v) is 35.7. The molecule has 2 N–H and O–H groups in total. The molecule has 0 radical (unpaired) electrons. The van der Waals surface area contributed by atoms with Crippen molar-refractivity contribution in [3.63, 3.8) is 0 Å². The number of nitrogens with one attached hydrogen (secondary N) is 2. The molecule has 2 saturated carbocycles. The van der Waals surface area contributed by atoms with Crippen LogP contribution >= 0.6 is 0 Å². The van der Waals surface area contributed by atoms with E-state index in [1.54, 1.807) is 11.0 Å². The molecule has 5 aliphatic rings. The summed E-state index contributed by atoms with van der Waals surface area (Å²) in [6, 6.07) is 5.55. The number of likely N-dealkylation sites (tertiary alicyclic amines) is 1. The Morgan fingerprint density at radius 2 is 1.79 bits per heavy atom. The van der Waals surface area contributed by atoms with Crippen LogP contribution in [0.5, 0.6) is 6.01 Å². The van der Waals surface area contributed by atoms with Crippen molar-refractivity contribution < 1.29 is 27.5 Å². The van der Waals surface area contributed by atoms with Crippen molar-refractivity contribution >= 4 is 44.5 Å². The minimum absolute atomic E-state index is 0.0191. The van der Waals surface area contributed by atoms with Gasteiger partial charge in [0.1, 0.15) is 23.2 Å². The Bertz CT molecular complexity index is 2190. The molecule has 3 aliphatic heterocycles. The van der Waals surface area contributed by atoms with Gasteiger partial charge in [-0.2, -0.15) is 4.98 Å². The van der Waals surface area contributed by atoms with Crippen LogP contribution in [0.1, 0.15) is 125 Å². The fourth-order valence-electron chi connectivity index (χ4n) is 8.81. The van der Waals surface area contributed by atoms with E-state index in [-0.39, 0.29) is 42.7 Å². The molecule has 0 unspecified atom stereocenters. The second-order valence-electron chi connectivity index (χ2n) is 18.7. The summed E-state index contributed by atoms with van der Waals surface area (Å²) < 4.78 is 37.8. The summed E-state index contributed by atoms with van der Waals surface area (Å²) in [4.78, 5) is 54.6. The van der Waals surface area contributed by atoms with E-state index in [0.29, 0.717) is 38.1 Å². The van der Waals surface area contributed by atoms with Crippen LogP contribution in [0.25, 0.3) is 11.0 Å². The van der Waals surface area contributed by atoms with Crippen LogP contribution in [-0.2, 0) is 24.4 Å². The Hall–Kier alpha value is -4.26. The zero-order valence-electron chi connectivity index (χ0n) is 34.9. The standard InChI is InChI=1S/C44H60N6O6S/c1-10-30-24-44(30)40(53)48-57(54,55)43(20-21-43)19-14-12-11-13-16-29-22-33(45-36(29)26(2)3)32-17-15-18-34-37(32)46-41(50(34)27(4)5)56-31-23-35(38(51)47-44)49(25-31)39(52)28(6)42(7,8)9/h10-12,15,17-18,26-28,30-31,35H,1,13-14,16,19-25H2,2-9H3,(H,47,51)(H,48,53)/t28-,30-,31-,35+,44-/m1/s1. The third-order valence-corrected chi connectivity index (χ3v) is 15.3. The van der Waals surface area contributed by atoms with Crippen LogP contribution in [0.15, 0.2) is 59.3 Å². The average Bonchev–Trinajstić information content (AvgIpc) is 3.91. The highest BCUT2D eigenvalue weighted by molar-refractivity contribution is 7.91. The Morgan fingerprint density at radius 3 is 2.42 bits per heavy atom. The number of imidazole rings is 1. The van der Waals surface area contributed by atoms with Gasteiger partial charge in [0.2, 0.25) is 21.8 Å². The number of fused-ring (bicyclic) bond motifs is 6. The maximum atomic E-state index is 14.4. The number of amides is 3. The van der Waals surface area contributed by atoms with Gasteiger partial charge in [0.25, 0.3) is 11.9 Å². The molecule has 5 atom stereocenters. The van der Waals surface area contributed by atoms with E-state index >= 15 is 0 Å². The van der Waals surface area contributed by atoms with Crippen molar-refractivity contribution in [3.8, 4) is 6.01 Å². The van der Waals surface area contributed by atoms with E-state index in [4.69, 9.17) is 14.7 Å². The van der Waals surface area contributed by atoms with E-state index in [0.717, 1.165) is 40.8 Å². The number of hydrogen-bond donors (Lipinski definition) is 2. The normalized spacial score (nSPS) is 28.1. The van der Waals surface area contributed by atoms with E-state index in [9.17, 15) is 22.8 Å². The first-order valence-corrected chi connectivity index (χ1v) is 22.2. The number of carbonyl (C=O) groups is 3. The maximum absolute atomic E-state index is 14.4. The fraction of sp³-hybridized carbons (Fsp3) is 0.614. The Kier molecular flexibility index (Phi) is 10.7. The molecule has 57 heavy (non-hydrogen) atoms. The molecule has 1 aromatic heterocycles. The Morgan fingerprint density at radius 1 is 1.07 bits per heavy atom. The van der Waals surface area contributed by atoms with Crippen LogP contribution in [0.3, 0.4) is 0 Å². The molecule has 1 aromatic carbocycles. The first-order chi connectivity index (χ1) is 26.8. The SMILES string of the molecule is C=C[C@@H]1C[C@@]12NC(=O)[C@@H]1C[C@H](CN1C(=O)[C@@H](C)C(C)(C)C)Oc1nc3c(cccc3n1C(C)C)C1=NC(C(C)C)=C(CCC=CCCC3(CC3)S(=O)(=O)NC2=O)C1. The number of hydrogen-bond acceptors (Lipinski definition) is 8. The second-order valence-corrected chi connectivity index (χ2v) is 20.7. The molecule has 2 aliphatic carbocycles. The lowest BCUT2D eigenvalue weighted by atomic mass is 9.81. The number of aromatic nitrogens is 2. The first-order valence-electron chi connectivity index (χ1n) is 20.8. The number of ether oxygens (including phenoxy) is 1. The smallest absolute Gasteiger partial charge is 0.297 e. The minimum Gasteiger partial charge on any atom is -0.459 e. The van der Waals surface area contributed by atoms with E-state index in [1.165, 1.54) is 5.57 Å². The third-order valence-electron chi connectivity index (χ3n) is 13.1. The van der Waals surface area contributed by atoms with Gasteiger partial charge in [-0.15, -0.1) is 6.58 Å². The molecule has 3 amide bonds. The lowest BCUT2D eigenvalue weighted by molar-refractivity contribution is -0.144. The number of sulfonamides is 1. The molecule has 13 heteroatoms. The predicted octanol–water partition coefficient (Wildman–Crippen LogP) is 6.92. The van der Waals surface area contributed by atoms with Gasteiger partial charge in [-0.3, -0.25) is 28.7 Å². The monoisotopic (exact) mass is 800 g/mol. The van der Waals surface area contributed by atoms with Gasteiger partial charge < -0.3 is 15.0 Å². The van der Waals surface area contributed by atoms with Crippen LogP contribution < -0.4 is 14.8 Å². The molecule has 3 fully saturated rings. The van der Waals surface area contributed by atoms with Gasteiger partial charge in [-0.05, 0) is 81.8 Å². The molecule has 2 spiro atoms. The lowest BCUT2D eigenvalue weighted by Crippen LogP contribution is -2.57. The van der Waals surface area contributed by atoms with Crippen LogP contribution in [0.4, 0.5) is 0 Å². The van der Waals surface area contributed by atoms with Crippen LogP contribution in [-0.4, -0.2) is 75.3 Å². The van der Waals surface area contributed by atoms with Gasteiger partial charge >= 0.3 is 0 Å². The topological polar surface area (TPSA) is 152 Å². The molecular weight excluding hydrogens is 741 g/mol. The summed E-state index contributed by atoms with van der Waals surface area (Å²) in [5.74, 6) is -2.15. The first kappa shape index (κ1) is 40.9. The number of carbonyl (C=O) groups excluding carboxylic acids is 3. The number of allylic oxidation sites excluding steroid dienone is 4. The summed E-state index contributed by atoms with van der Waals surface area (Å²) in [6.45, 7) is 20.3. The fourth-order valence-corrected chi connectivity index (χ4v) is 10.5. The van der Waals surface area contributed by atoms with Crippen LogP contribution in [0.2, 0.25) is 0 Å². The number of para-hydroxylation sites is 1. The minimum atomic E-state index is -4.05. The highest BCUT2D eigenvalue weighted by Crippen LogP contribution is 2.49. The molecule has 6 bridgehead atoms. The van der Waals surface area contributed by atoms with Crippen molar-refractivity contribution in [2.24, 2.45) is 28.2 Å². The third kappa shape index (κ3) is 7.49. The number of nitrogens with zero attached hydrogens (tertiary/aromatic N) is 4. The van der Waals surface area contributed by atoms with Crippen molar-refractivity contribution in [2.75, 3.05) is 6.54 Å². The number of benzene rings is 1. The van der Waals surface area contributed by atoms with Crippen molar-refractivity contribution in [1.29, 1.82) is 0 Å². The highest BCUT2D eigenvalue weighted by atomic mass is 32.2. The van der Waals surface area contributed by atoms with Gasteiger partial charge in [-0.25, -0.2) is 8.42 Å². The quantitative estimate of drug-likeness (QED) is 0.319. The Labute approximate surface area is 337 Å². The summed E-state index contributed by atoms with van der Waals surface area (Å²) in [6.07, 6.45) is 9.75. The van der Waals surface area contributed by atoms with E-state index in [2.05, 4.69) is 61.0 Å². The van der Waals surface area contributed by atoms with E-state index in [1.807, 2.05) is 45.9 Å². The highest BCUT2D eigenvalue weighted by Gasteiger charge is 2.63. The molecule has 308 valence electrons. The number of rotatable bonds is 4. The van der Waals surface area contributed by atoms with Gasteiger partial charge in [0, 0.05) is 42.0 Å². The van der Waals surface area contributed by atoms with Crippen molar-refractivity contribution in [1.82, 2.24) is 24.5 Å². The average molecular weight is 801 g/mol. The molecule has 4 heterocycles. The largest absolute Gasteiger partial charge is 0.459 e. The lowest BCUT2D eigenvalue weighted by Gasteiger charge is -2.33. The van der Waals surface area contributed by atoms with Gasteiger partial charge in [-0.1, -0.05) is 71.9 Å². The van der Waals surface area contributed by atoms with Crippen LogP contribution in [0, 0.1) is 23.2 Å². The molecule has 2 aromatic rings. The Balaban J connectivity index is 1.28. The molecular formula is C44H60N6O6S. The van der Waals surface area contributed by atoms with Gasteiger partial charge in [0.05, 0.1) is 22.5 Å². The molecule has 1 saturated heterocycles. The number of aliphatic imine (C=N–C) groups is 1. The second kappa shape index (κ2) is 14.8. The zero-order chi connectivity index (χ0) is 41.2. The molecule has 12 nitrogen and oxygen atoms in total. The predicted molar refractivity (Wildman–Crippen MR) is 222 cm³/mol. The summed E-state index contributed by atoms with van der Waals surface area (Å²) in [5.41, 5.74) is 4.13. The van der Waals surface area contributed by atoms with Gasteiger partial charge in [0.15, 0.2) is 0 Å². The maximum Gasteiger partial charge on any atom is 0.297 e. The molecule has 7 rings (SSSR count). The van der Waals surface area contributed by atoms with Crippen molar-refractivity contribution in [2.45, 2.75) is 142 Å². The van der Waals surface area contributed by atoms with Crippen molar-refractivity contribution in [3.05, 3.63) is 59.8 Å². The summed E-state index contributed by atoms with van der Waals surface area (Å²) in [7, 11) is -4.05.